The minimum atomic E-state index is -0.250. The van der Waals surface area contributed by atoms with Crippen molar-refractivity contribution in [3.05, 3.63) is 29.3 Å². The first-order chi connectivity index (χ1) is 7.67. The molecule has 3 N–H and O–H groups in total. The van der Waals surface area contributed by atoms with Crippen LogP contribution in [-0.4, -0.2) is 25.8 Å². The number of anilines is 1. The molecule has 0 heterocycles. The van der Waals surface area contributed by atoms with Crippen molar-refractivity contribution in [3.63, 3.8) is 0 Å². The van der Waals surface area contributed by atoms with Crippen molar-refractivity contribution in [1.82, 2.24) is 0 Å². The van der Waals surface area contributed by atoms with Crippen molar-refractivity contribution in [3.8, 4) is 0 Å². The van der Waals surface area contributed by atoms with E-state index in [1.165, 1.54) is 0 Å². The molecule has 4 heteroatoms. The number of hydrogen-bond donors (Lipinski definition) is 2. The van der Waals surface area contributed by atoms with Crippen molar-refractivity contribution in [2.45, 2.75) is 18.9 Å². The van der Waals surface area contributed by atoms with E-state index in [-0.39, 0.29) is 5.54 Å². The van der Waals surface area contributed by atoms with Crippen molar-refractivity contribution in [1.29, 1.82) is 0 Å². The van der Waals surface area contributed by atoms with Gasteiger partial charge in [0.25, 0.3) is 0 Å². The van der Waals surface area contributed by atoms with Gasteiger partial charge in [0.1, 0.15) is 0 Å². The number of para-hydroxylation sites is 1. The first kappa shape index (κ1) is 13.3. The summed E-state index contributed by atoms with van der Waals surface area (Å²) in [6.07, 6.45) is 0.878. The number of nitrogens with two attached hydrogens (primary N) is 1. The molecule has 1 unspecified atom stereocenters. The van der Waals surface area contributed by atoms with Crippen LogP contribution in [0.15, 0.2) is 24.3 Å². The average Bonchev–Trinajstić information content (AvgIpc) is 2.31. The topological polar surface area (TPSA) is 47.3 Å². The molecular formula is C12H19ClN2O. The zero-order chi connectivity index (χ0) is 12.0. The van der Waals surface area contributed by atoms with Crippen LogP contribution in [0.25, 0.3) is 0 Å². The number of hydrogen-bond acceptors (Lipinski definition) is 3. The van der Waals surface area contributed by atoms with Crippen LogP contribution in [0.3, 0.4) is 0 Å². The number of benzene rings is 1. The largest absolute Gasteiger partial charge is 0.382 e. The Morgan fingerprint density at radius 3 is 2.62 bits per heavy atom. The molecule has 0 aliphatic rings. The molecule has 1 aromatic carbocycles. The summed E-state index contributed by atoms with van der Waals surface area (Å²) in [5.74, 6) is 0. The molecule has 0 bridgehead atoms. The highest BCUT2D eigenvalue weighted by atomic mass is 35.5. The number of rotatable bonds is 6. The molecule has 0 aromatic heterocycles. The summed E-state index contributed by atoms with van der Waals surface area (Å²) in [7, 11) is 1.67. The molecule has 0 aliphatic heterocycles. The molecule has 90 valence electrons. The monoisotopic (exact) mass is 242 g/mol. The maximum Gasteiger partial charge on any atom is 0.0726 e. The summed E-state index contributed by atoms with van der Waals surface area (Å²) in [5, 5.41) is 4.08. The second kappa shape index (κ2) is 6.09. The lowest BCUT2D eigenvalue weighted by Gasteiger charge is -2.33. The van der Waals surface area contributed by atoms with Gasteiger partial charge in [0.2, 0.25) is 0 Å². The van der Waals surface area contributed by atoms with Gasteiger partial charge in [-0.3, -0.25) is 0 Å². The molecule has 3 nitrogen and oxygen atoms in total. The summed E-state index contributed by atoms with van der Waals surface area (Å²) in [6, 6.07) is 7.64. The highest BCUT2D eigenvalue weighted by molar-refractivity contribution is 6.33. The van der Waals surface area contributed by atoms with Crippen LogP contribution in [0.5, 0.6) is 0 Å². The molecule has 1 atom stereocenters. The minimum Gasteiger partial charge on any atom is -0.382 e. The lowest BCUT2D eigenvalue weighted by Crippen LogP contribution is -2.48. The molecule has 16 heavy (non-hydrogen) atoms. The second-order valence-corrected chi connectivity index (χ2v) is 4.28. The predicted molar refractivity (Wildman–Crippen MR) is 69.0 cm³/mol. The van der Waals surface area contributed by atoms with Crippen molar-refractivity contribution in [2.24, 2.45) is 5.73 Å². The van der Waals surface area contributed by atoms with Gasteiger partial charge < -0.3 is 15.8 Å². The van der Waals surface area contributed by atoms with E-state index in [4.69, 9.17) is 22.1 Å². The zero-order valence-corrected chi connectivity index (χ0v) is 10.6. The van der Waals surface area contributed by atoms with Crippen LogP contribution in [0.1, 0.15) is 13.3 Å². The Morgan fingerprint density at radius 1 is 1.44 bits per heavy atom. The van der Waals surface area contributed by atoms with E-state index in [0.717, 1.165) is 12.1 Å². The Bertz CT molecular complexity index is 327. The molecule has 0 amide bonds. The van der Waals surface area contributed by atoms with Gasteiger partial charge in [0.05, 0.1) is 22.9 Å². The smallest absolute Gasteiger partial charge is 0.0726 e. The van der Waals surface area contributed by atoms with Crippen LogP contribution < -0.4 is 11.1 Å². The molecule has 1 aromatic rings. The molecule has 0 fully saturated rings. The summed E-state index contributed by atoms with van der Waals surface area (Å²) in [4.78, 5) is 0. The number of nitrogens with one attached hydrogen (secondary N) is 1. The van der Waals surface area contributed by atoms with Gasteiger partial charge in [0.15, 0.2) is 0 Å². The third-order valence-electron chi connectivity index (χ3n) is 2.76. The number of halogens is 1. The fourth-order valence-electron chi connectivity index (χ4n) is 1.61. The van der Waals surface area contributed by atoms with E-state index < -0.39 is 0 Å². The van der Waals surface area contributed by atoms with E-state index in [2.05, 4.69) is 12.2 Å². The van der Waals surface area contributed by atoms with Gasteiger partial charge in [-0.25, -0.2) is 0 Å². The Morgan fingerprint density at radius 2 is 2.12 bits per heavy atom. The first-order valence-corrected chi connectivity index (χ1v) is 5.77. The fourth-order valence-corrected chi connectivity index (χ4v) is 1.79. The van der Waals surface area contributed by atoms with Gasteiger partial charge in [-0.15, -0.1) is 0 Å². The van der Waals surface area contributed by atoms with Crippen molar-refractivity contribution < 1.29 is 4.74 Å². The van der Waals surface area contributed by atoms with E-state index >= 15 is 0 Å². The Balaban J connectivity index is 2.87. The van der Waals surface area contributed by atoms with Crippen LogP contribution in [0.2, 0.25) is 5.02 Å². The lowest BCUT2D eigenvalue weighted by molar-refractivity contribution is 0.143. The SMILES string of the molecule is CCC(CN)(COC)Nc1ccccc1Cl. The van der Waals surface area contributed by atoms with Gasteiger partial charge in [-0.05, 0) is 18.6 Å². The maximum atomic E-state index is 6.10. The quantitative estimate of drug-likeness (QED) is 0.806. The average molecular weight is 243 g/mol. The standard InChI is InChI=1S/C12H19ClN2O/c1-3-12(8-14,9-16-2)15-11-7-5-4-6-10(11)13/h4-7,15H,3,8-9,14H2,1-2H3. The maximum absolute atomic E-state index is 6.10. The van der Waals surface area contributed by atoms with Crippen molar-refractivity contribution in [2.75, 3.05) is 25.6 Å². The summed E-state index contributed by atoms with van der Waals surface area (Å²) < 4.78 is 5.22. The third kappa shape index (κ3) is 3.11. The summed E-state index contributed by atoms with van der Waals surface area (Å²) in [6.45, 7) is 3.14. The van der Waals surface area contributed by atoms with Crippen LogP contribution in [-0.2, 0) is 4.74 Å². The molecular weight excluding hydrogens is 224 g/mol. The molecule has 0 spiro atoms. The van der Waals surface area contributed by atoms with Crippen LogP contribution in [0.4, 0.5) is 5.69 Å². The lowest BCUT2D eigenvalue weighted by atomic mass is 9.97. The second-order valence-electron chi connectivity index (χ2n) is 3.88. The van der Waals surface area contributed by atoms with Gasteiger partial charge in [0, 0.05) is 13.7 Å². The zero-order valence-electron chi connectivity index (χ0n) is 9.79. The highest BCUT2D eigenvalue weighted by Crippen LogP contribution is 2.25. The van der Waals surface area contributed by atoms with E-state index in [1.54, 1.807) is 7.11 Å². The Labute approximate surface area is 102 Å². The summed E-state index contributed by atoms with van der Waals surface area (Å²) in [5.41, 5.74) is 6.46. The first-order valence-electron chi connectivity index (χ1n) is 5.39. The molecule has 0 aliphatic carbocycles. The van der Waals surface area contributed by atoms with Gasteiger partial charge in [-0.2, -0.15) is 0 Å². The Kier molecular flexibility index (Phi) is 5.06. The Hall–Kier alpha value is -0.770. The fraction of sp³-hybridized carbons (Fsp3) is 0.500. The molecule has 0 saturated carbocycles. The molecule has 0 saturated heterocycles. The van der Waals surface area contributed by atoms with E-state index in [1.807, 2.05) is 24.3 Å². The minimum absolute atomic E-state index is 0.250. The highest BCUT2D eigenvalue weighted by Gasteiger charge is 2.26. The van der Waals surface area contributed by atoms with Gasteiger partial charge >= 0.3 is 0 Å². The number of methoxy groups -OCH3 is 1. The van der Waals surface area contributed by atoms with Gasteiger partial charge in [-0.1, -0.05) is 30.7 Å². The predicted octanol–water partition coefficient (Wildman–Crippen LogP) is 2.51. The normalized spacial score (nSPS) is 14.5. The van der Waals surface area contributed by atoms with Crippen LogP contribution >= 0.6 is 11.6 Å². The third-order valence-corrected chi connectivity index (χ3v) is 3.09. The van der Waals surface area contributed by atoms with Crippen molar-refractivity contribution >= 4 is 17.3 Å². The molecule has 1 rings (SSSR count). The van der Waals surface area contributed by atoms with Crippen LogP contribution in [0, 0.1) is 0 Å². The number of ether oxygens (including phenoxy) is 1. The summed E-state index contributed by atoms with van der Waals surface area (Å²) >= 11 is 6.10. The van der Waals surface area contributed by atoms with E-state index in [9.17, 15) is 0 Å². The molecule has 0 radical (unpaired) electrons. The van der Waals surface area contributed by atoms with E-state index in [0.29, 0.717) is 18.2 Å².